The van der Waals surface area contributed by atoms with E-state index in [2.05, 4.69) is 25.2 Å². The number of fused-ring (bicyclic) bond motifs is 1. The quantitative estimate of drug-likeness (QED) is 0.0748. The Hall–Kier alpha value is -6.22. The number of aromatic nitrogens is 3. The molecule has 0 saturated carbocycles. The molecular formula is C49H57F5N6O9. The van der Waals surface area contributed by atoms with Gasteiger partial charge in [0.15, 0.2) is 0 Å². The van der Waals surface area contributed by atoms with E-state index in [1.54, 1.807) is 11.8 Å². The third kappa shape index (κ3) is 14.0. The summed E-state index contributed by atoms with van der Waals surface area (Å²) in [6, 6.07) is 16.1. The van der Waals surface area contributed by atoms with Crippen molar-refractivity contribution in [2.75, 3.05) is 44.6 Å². The predicted molar refractivity (Wildman–Crippen MR) is 246 cm³/mol. The summed E-state index contributed by atoms with van der Waals surface area (Å²) in [5.74, 6) is -4.19. The number of carboxylic acids is 1. The monoisotopic (exact) mass is 968 g/mol. The molecule has 2 aliphatic heterocycles. The number of alkyl halides is 3. The van der Waals surface area contributed by atoms with Crippen LogP contribution in [0.1, 0.15) is 81.8 Å². The fourth-order valence-electron chi connectivity index (χ4n) is 7.95. The van der Waals surface area contributed by atoms with E-state index >= 15 is 4.39 Å². The highest BCUT2D eigenvalue weighted by Gasteiger charge is 2.38. The molecule has 372 valence electrons. The molecule has 0 bridgehead atoms. The van der Waals surface area contributed by atoms with Gasteiger partial charge in [0.25, 0.3) is 5.91 Å². The van der Waals surface area contributed by atoms with E-state index in [0.717, 1.165) is 49.0 Å². The zero-order valence-electron chi connectivity index (χ0n) is 39.1. The van der Waals surface area contributed by atoms with Crippen LogP contribution in [0.2, 0.25) is 0 Å². The molecule has 69 heavy (non-hydrogen) atoms. The number of benzene rings is 3. The Morgan fingerprint density at radius 2 is 1.52 bits per heavy atom. The van der Waals surface area contributed by atoms with Crippen molar-refractivity contribution in [1.82, 2.24) is 24.8 Å². The Bertz CT molecular complexity index is 2600. The molecular weight excluding hydrogens is 912 g/mol. The summed E-state index contributed by atoms with van der Waals surface area (Å²) in [7, 11) is 0. The number of likely N-dealkylation sites (tertiary alicyclic amines) is 2. The Morgan fingerprint density at radius 3 is 2.10 bits per heavy atom. The highest BCUT2D eigenvalue weighted by Crippen LogP contribution is 2.36. The number of aliphatic carboxylic acids is 1. The number of aliphatic hydroxyl groups excluding tert-OH is 1. The maximum Gasteiger partial charge on any atom is 0.490 e. The molecule has 2 aromatic heterocycles. The summed E-state index contributed by atoms with van der Waals surface area (Å²) in [6.45, 7) is 13.6. The first kappa shape index (κ1) is 52.2. The van der Waals surface area contributed by atoms with E-state index in [9.17, 15) is 37.4 Å². The Balaban J connectivity index is 0.00000104. The van der Waals surface area contributed by atoms with Crippen LogP contribution in [0.15, 0.2) is 67.0 Å². The van der Waals surface area contributed by atoms with Crippen LogP contribution in [0.25, 0.3) is 33.5 Å². The van der Waals surface area contributed by atoms with Crippen LogP contribution in [-0.2, 0) is 19.9 Å². The largest absolute Gasteiger partial charge is 0.490 e. The highest BCUT2D eigenvalue weighted by molar-refractivity contribution is 6.06. The highest BCUT2D eigenvalue weighted by atomic mass is 19.4. The van der Waals surface area contributed by atoms with E-state index in [1.807, 2.05) is 51.1 Å². The SMILES string of the molecule is Cc1c(NC(=O)c2ccc(C(C)(C)O)cc2F)cc(F)cc1-c1ncnc2[nH]c(-c3ccc(OC4CCN(CC(CO)OC5CCN(C(=O)OC(C)(C)C)CC5)CC4)cc3)cc12.O=C(O)C(F)(F)F. The number of halogens is 5. The van der Waals surface area contributed by atoms with Crippen LogP contribution in [0.4, 0.5) is 32.4 Å². The number of ether oxygens (including phenoxy) is 3. The van der Waals surface area contributed by atoms with Crippen molar-refractivity contribution in [3.63, 3.8) is 0 Å². The van der Waals surface area contributed by atoms with Crippen molar-refractivity contribution < 1.29 is 65.9 Å². The van der Waals surface area contributed by atoms with Crippen molar-refractivity contribution in [2.45, 2.75) is 103 Å². The van der Waals surface area contributed by atoms with E-state index in [0.29, 0.717) is 65.9 Å². The summed E-state index contributed by atoms with van der Waals surface area (Å²) in [4.78, 5) is 50.8. The van der Waals surface area contributed by atoms with Gasteiger partial charge in [-0.15, -0.1) is 0 Å². The van der Waals surface area contributed by atoms with Gasteiger partial charge in [0.2, 0.25) is 0 Å². The molecule has 4 heterocycles. The first-order valence-corrected chi connectivity index (χ1v) is 22.4. The number of anilines is 1. The Labute approximate surface area is 395 Å². The number of hydrogen-bond acceptors (Lipinski definition) is 11. The number of hydrogen-bond donors (Lipinski definition) is 5. The third-order valence-corrected chi connectivity index (χ3v) is 11.6. The summed E-state index contributed by atoms with van der Waals surface area (Å²) in [5.41, 5.74) is 2.00. The lowest BCUT2D eigenvalue weighted by Crippen LogP contribution is -2.47. The van der Waals surface area contributed by atoms with Crippen LogP contribution in [0.3, 0.4) is 0 Å². The molecule has 20 heteroatoms. The molecule has 5 N–H and O–H groups in total. The average Bonchev–Trinajstić information content (AvgIpc) is 3.72. The van der Waals surface area contributed by atoms with Crippen LogP contribution in [0.5, 0.6) is 5.75 Å². The molecule has 7 rings (SSSR count). The predicted octanol–water partition coefficient (Wildman–Crippen LogP) is 8.61. The van der Waals surface area contributed by atoms with Gasteiger partial charge in [-0.3, -0.25) is 4.79 Å². The number of rotatable bonds is 12. The number of carbonyl (C=O) groups is 3. The van der Waals surface area contributed by atoms with E-state index < -0.39 is 40.9 Å². The molecule has 1 atom stereocenters. The average molecular weight is 969 g/mol. The van der Waals surface area contributed by atoms with Crippen LogP contribution in [-0.4, -0.2) is 127 Å². The maximum atomic E-state index is 15.2. The third-order valence-electron chi connectivity index (χ3n) is 11.6. The van der Waals surface area contributed by atoms with Gasteiger partial charge < -0.3 is 49.6 Å². The lowest BCUT2D eigenvalue weighted by atomic mass is 9.96. The number of carboxylic acid groups (broad SMARTS) is 1. The minimum atomic E-state index is -5.08. The number of aliphatic hydroxyl groups is 2. The Morgan fingerprint density at radius 1 is 0.884 bits per heavy atom. The molecule has 3 aromatic carbocycles. The summed E-state index contributed by atoms with van der Waals surface area (Å²) in [6.07, 6.45) is -1.23. The molecule has 2 fully saturated rings. The summed E-state index contributed by atoms with van der Waals surface area (Å²) < 4.78 is 80.0. The second-order valence-corrected chi connectivity index (χ2v) is 18.6. The fourth-order valence-corrected chi connectivity index (χ4v) is 7.95. The van der Waals surface area contributed by atoms with E-state index in [4.69, 9.17) is 24.1 Å². The summed E-state index contributed by atoms with van der Waals surface area (Å²) >= 11 is 0. The van der Waals surface area contributed by atoms with E-state index in [-0.39, 0.29) is 42.3 Å². The molecule has 2 amide bonds. The zero-order valence-corrected chi connectivity index (χ0v) is 39.1. The lowest BCUT2D eigenvalue weighted by molar-refractivity contribution is -0.192. The molecule has 0 aliphatic carbocycles. The second-order valence-electron chi connectivity index (χ2n) is 18.6. The second kappa shape index (κ2) is 21.6. The maximum absolute atomic E-state index is 15.2. The summed E-state index contributed by atoms with van der Waals surface area (Å²) in [5, 5.41) is 30.8. The molecule has 2 saturated heterocycles. The number of carbonyl (C=O) groups excluding carboxylic acids is 2. The van der Waals surface area contributed by atoms with Crippen molar-refractivity contribution in [3.05, 3.63) is 95.3 Å². The standard InChI is InChI=1S/C47H56F2N6O7.C2HF3O2/c1-28-37(22-31(48)23-40(28)53-44(57)36-12-9-30(21-39(36)49)47(5,6)59)42-38-24-41(52-43(38)51-27-50-42)29-7-10-32(11-8-29)60-33-13-17-54(18-14-33)25-35(26-56)61-34-15-19-55(20-16-34)45(58)62-46(2,3)4;3-2(4,5)1(6)7/h7-12,21-24,27,33-35,56,59H,13-20,25-26H2,1-6H3,(H,53,57)(H,50,51,52);(H,6,7). The van der Waals surface area contributed by atoms with Crippen molar-refractivity contribution in [1.29, 1.82) is 0 Å². The number of H-pyrrole nitrogens is 1. The van der Waals surface area contributed by atoms with Crippen molar-refractivity contribution in [2.24, 2.45) is 0 Å². The van der Waals surface area contributed by atoms with E-state index in [1.165, 1.54) is 44.4 Å². The van der Waals surface area contributed by atoms with Gasteiger partial charge in [0, 0.05) is 55.1 Å². The fraction of sp³-hybridized carbons (Fsp3) is 0.449. The molecule has 5 aromatic rings. The van der Waals surface area contributed by atoms with Gasteiger partial charge in [0.05, 0.1) is 35.7 Å². The lowest BCUT2D eigenvalue weighted by Gasteiger charge is -2.37. The van der Waals surface area contributed by atoms with Gasteiger partial charge in [-0.2, -0.15) is 13.2 Å². The smallest absolute Gasteiger partial charge is 0.490 e. The molecule has 15 nitrogen and oxygen atoms in total. The van der Waals surface area contributed by atoms with Crippen molar-refractivity contribution >= 4 is 34.7 Å². The number of nitrogens with one attached hydrogen (secondary N) is 2. The minimum absolute atomic E-state index is 0.0210. The van der Waals surface area contributed by atoms with Gasteiger partial charge in [-0.1, -0.05) is 6.07 Å². The first-order chi connectivity index (χ1) is 32.4. The number of piperidine rings is 2. The van der Waals surface area contributed by atoms with Crippen molar-refractivity contribution in [3.8, 4) is 28.3 Å². The molecule has 1 unspecified atom stereocenters. The normalized spacial score (nSPS) is 15.9. The number of amides is 2. The van der Waals surface area contributed by atoms with Gasteiger partial charge >= 0.3 is 18.2 Å². The number of aromatic amines is 1. The Kier molecular flexibility index (Phi) is 16.3. The van der Waals surface area contributed by atoms with Crippen LogP contribution >= 0.6 is 0 Å². The molecule has 0 radical (unpaired) electrons. The molecule has 2 aliphatic rings. The van der Waals surface area contributed by atoms with Crippen LogP contribution in [0, 0.1) is 18.6 Å². The van der Waals surface area contributed by atoms with Gasteiger partial charge in [-0.05, 0) is 139 Å². The van der Waals surface area contributed by atoms with Gasteiger partial charge in [0.1, 0.15) is 41.1 Å². The first-order valence-electron chi connectivity index (χ1n) is 22.4. The zero-order chi connectivity index (χ0) is 50.4. The molecule has 0 spiro atoms. The van der Waals surface area contributed by atoms with Gasteiger partial charge in [-0.25, -0.2) is 28.3 Å². The number of nitrogens with zero attached hydrogens (tertiary/aromatic N) is 4. The van der Waals surface area contributed by atoms with Crippen LogP contribution < -0.4 is 10.1 Å². The topological polar surface area (TPSA) is 200 Å². The minimum Gasteiger partial charge on any atom is -0.490 e.